The third kappa shape index (κ3) is 3.88. The molecule has 1 aromatic carbocycles. The van der Waals surface area contributed by atoms with Crippen LogP contribution in [0.1, 0.15) is 25.8 Å². The van der Waals surface area contributed by atoms with Crippen molar-refractivity contribution in [1.29, 1.82) is 0 Å². The van der Waals surface area contributed by atoms with Crippen LogP contribution in [0.25, 0.3) is 0 Å². The van der Waals surface area contributed by atoms with Crippen molar-refractivity contribution in [2.75, 3.05) is 23.8 Å². The maximum atomic E-state index is 6.06. The summed E-state index contributed by atoms with van der Waals surface area (Å²) in [6.45, 7) is 6.41. The number of hydrogen-bond donors (Lipinski definition) is 1. The molecule has 0 spiro atoms. The van der Waals surface area contributed by atoms with E-state index in [1.54, 1.807) is 6.20 Å². The summed E-state index contributed by atoms with van der Waals surface area (Å²) in [4.78, 5) is 6.72. The molecule has 0 radical (unpaired) electrons. The predicted molar refractivity (Wildman–Crippen MR) is 87.6 cm³/mol. The molecule has 0 fully saturated rings. The van der Waals surface area contributed by atoms with Crippen molar-refractivity contribution in [3.05, 3.63) is 48.2 Å². The van der Waals surface area contributed by atoms with E-state index >= 15 is 0 Å². The summed E-state index contributed by atoms with van der Waals surface area (Å²) in [6.07, 6.45) is 2.84. The van der Waals surface area contributed by atoms with Gasteiger partial charge in [-0.15, -0.1) is 0 Å². The molecular formula is C17H23N3O. The summed E-state index contributed by atoms with van der Waals surface area (Å²) >= 11 is 0. The van der Waals surface area contributed by atoms with Crippen molar-refractivity contribution in [1.82, 2.24) is 4.98 Å². The highest BCUT2D eigenvalue weighted by Gasteiger charge is 2.14. The number of para-hydroxylation sites is 1. The Labute approximate surface area is 126 Å². The van der Waals surface area contributed by atoms with E-state index in [0.717, 1.165) is 42.3 Å². The molecular weight excluding hydrogens is 262 g/mol. The Bertz CT molecular complexity index is 571. The van der Waals surface area contributed by atoms with Gasteiger partial charge in [-0.1, -0.05) is 25.1 Å². The molecule has 0 aliphatic rings. The first-order valence-electron chi connectivity index (χ1n) is 7.42. The molecule has 1 heterocycles. The van der Waals surface area contributed by atoms with Crippen molar-refractivity contribution in [2.45, 2.75) is 26.8 Å². The number of anilines is 2. The van der Waals surface area contributed by atoms with Gasteiger partial charge >= 0.3 is 0 Å². The second kappa shape index (κ2) is 7.53. The van der Waals surface area contributed by atoms with Crippen molar-refractivity contribution in [3.8, 4) is 5.75 Å². The Morgan fingerprint density at radius 3 is 2.67 bits per heavy atom. The van der Waals surface area contributed by atoms with Crippen LogP contribution in [0.2, 0.25) is 0 Å². The van der Waals surface area contributed by atoms with E-state index in [-0.39, 0.29) is 0 Å². The molecule has 0 saturated carbocycles. The Kier molecular flexibility index (Phi) is 5.43. The third-order valence-electron chi connectivity index (χ3n) is 3.26. The van der Waals surface area contributed by atoms with E-state index in [4.69, 9.17) is 10.5 Å². The van der Waals surface area contributed by atoms with Crippen LogP contribution in [0.4, 0.5) is 11.5 Å². The molecule has 0 bridgehead atoms. The summed E-state index contributed by atoms with van der Waals surface area (Å²) in [7, 11) is 0. The quantitative estimate of drug-likeness (QED) is 0.791. The zero-order valence-electron chi connectivity index (χ0n) is 12.7. The minimum Gasteiger partial charge on any atom is -0.490 e. The van der Waals surface area contributed by atoms with Gasteiger partial charge in [-0.3, -0.25) is 0 Å². The monoisotopic (exact) mass is 285 g/mol. The first-order valence-corrected chi connectivity index (χ1v) is 7.42. The highest BCUT2D eigenvalue weighted by atomic mass is 16.5. The molecule has 0 aliphatic heterocycles. The number of nitrogens with zero attached hydrogens (tertiary/aromatic N) is 2. The van der Waals surface area contributed by atoms with Gasteiger partial charge in [0, 0.05) is 25.0 Å². The lowest BCUT2D eigenvalue weighted by molar-refractivity contribution is 0.339. The van der Waals surface area contributed by atoms with Gasteiger partial charge in [0.2, 0.25) is 0 Å². The molecule has 0 unspecified atom stereocenters. The molecule has 0 atom stereocenters. The van der Waals surface area contributed by atoms with Gasteiger partial charge in [0.15, 0.2) is 11.6 Å². The van der Waals surface area contributed by atoms with Gasteiger partial charge < -0.3 is 15.4 Å². The molecule has 0 saturated heterocycles. The normalized spacial score (nSPS) is 10.4. The van der Waals surface area contributed by atoms with Crippen molar-refractivity contribution in [3.63, 3.8) is 0 Å². The van der Waals surface area contributed by atoms with Crippen LogP contribution in [-0.4, -0.2) is 18.1 Å². The number of ether oxygens (including phenoxy) is 1. The molecule has 0 amide bonds. The molecule has 4 heteroatoms. The number of rotatable bonds is 7. The molecule has 0 aliphatic carbocycles. The summed E-state index contributed by atoms with van der Waals surface area (Å²) in [5.74, 6) is 1.70. The van der Waals surface area contributed by atoms with Crippen LogP contribution < -0.4 is 15.4 Å². The lowest BCUT2D eigenvalue weighted by Crippen LogP contribution is -2.25. The molecule has 112 valence electrons. The Morgan fingerprint density at radius 2 is 1.95 bits per heavy atom. The van der Waals surface area contributed by atoms with E-state index in [1.165, 1.54) is 0 Å². The zero-order chi connectivity index (χ0) is 15.1. The standard InChI is InChI=1S/C17H23N3O/c1-3-12-20(13-14-8-5-6-9-15(14)18)17-16(21-4-2)10-7-11-19-17/h5-11H,3-4,12-13,18H2,1-2H3. The predicted octanol–water partition coefficient (Wildman–Crippen LogP) is 3.48. The largest absolute Gasteiger partial charge is 0.490 e. The Morgan fingerprint density at radius 1 is 1.14 bits per heavy atom. The maximum Gasteiger partial charge on any atom is 0.171 e. The third-order valence-corrected chi connectivity index (χ3v) is 3.26. The Balaban J connectivity index is 2.29. The van der Waals surface area contributed by atoms with Gasteiger partial charge in [-0.25, -0.2) is 4.98 Å². The fraction of sp³-hybridized carbons (Fsp3) is 0.353. The van der Waals surface area contributed by atoms with E-state index in [9.17, 15) is 0 Å². The Hall–Kier alpha value is -2.23. The summed E-state index contributed by atoms with van der Waals surface area (Å²) in [5.41, 5.74) is 7.98. The molecule has 21 heavy (non-hydrogen) atoms. The summed E-state index contributed by atoms with van der Waals surface area (Å²) < 4.78 is 5.70. The number of nitrogen functional groups attached to an aromatic ring is 1. The van der Waals surface area contributed by atoms with Crippen LogP contribution in [0.15, 0.2) is 42.6 Å². The lowest BCUT2D eigenvalue weighted by atomic mass is 10.1. The highest BCUT2D eigenvalue weighted by Crippen LogP contribution is 2.27. The first-order chi connectivity index (χ1) is 10.3. The fourth-order valence-electron chi connectivity index (χ4n) is 2.30. The zero-order valence-corrected chi connectivity index (χ0v) is 12.7. The van der Waals surface area contributed by atoms with Gasteiger partial charge in [0.05, 0.1) is 6.61 Å². The lowest BCUT2D eigenvalue weighted by Gasteiger charge is -2.25. The van der Waals surface area contributed by atoms with E-state index in [1.807, 2.05) is 37.3 Å². The molecule has 1 aromatic heterocycles. The minimum atomic E-state index is 0.631. The average molecular weight is 285 g/mol. The maximum absolute atomic E-state index is 6.06. The number of nitrogens with two attached hydrogens (primary N) is 1. The van der Waals surface area contributed by atoms with E-state index < -0.39 is 0 Å². The van der Waals surface area contributed by atoms with Crippen molar-refractivity contribution >= 4 is 11.5 Å². The van der Waals surface area contributed by atoms with Gasteiger partial charge in [0.25, 0.3) is 0 Å². The van der Waals surface area contributed by atoms with Crippen LogP contribution in [-0.2, 0) is 6.54 Å². The fourth-order valence-corrected chi connectivity index (χ4v) is 2.30. The number of aromatic nitrogens is 1. The highest BCUT2D eigenvalue weighted by molar-refractivity contribution is 5.55. The van der Waals surface area contributed by atoms with Gasteiger partial charge in [-0.2, -0.15) is 0 Å². The van der Waals surface area contributed by atoms with Crippen molar-refractivity contribution in [2.24, 2.45) is 0 Å². The van der Waals surface area contributed by atoms with Gasteiger partial charge in [-0.05, 0) is 37.1 Å². The van der Waals surface area contributed by atoms with E-state index in [2.05, 4.69) is 22.9 Å². The van der Waals surface area contributed by atoms with Gasteiger partial charge in [0.1, 0.15) is 0 Å². The SMILES string of the molecule is CCCN(Cc1ccccc1N)c1ncccc1OCC. The smallest absolute Gasteiger partial charge is 0.171 e. The molecule has 2 N–H and O–H groups in total. The molecule has 4 nitrogen and oxygen atoms in total. The molecule has 2 aromatic rings. The van der Waals surface area contributed by atoms with Crippen LogP contribution in [0.5, 0.6) is 5.75 Å². The van der Waals surface area contributed by atoms with E-state index in [0.29, 0.717) is 6.61 Å². The number of benzene rings is 1. The number of hydrogen-bond acceptors (Lipinski definition) is 4. The number of pyridine rings is 1. The van der Waals surface area contributed by atoms with Crippen LogP contribution in [0, 0.1) is 0 Å². The second-order valence-electron chi connectivity index (χ2n) is 4.88. The van der Waals surface area contributed by atoms with Crippen molar-refractivity contribution < 1.29 is 4.74 Å². The molecule has 2 rings (SSSR count). The van der Waals surface area contributed by atoms with Crippen LogP contribution in [0.3, 0.4) is 0 Å². The van der Waals surface area contributed by atoms with Crippen LogP contribution >= 0.6 is 0 Å². The average Bonchev–Trinajstić information content (AvgIpc) is 2.50. The minimum absolute atomic E-state index is 0.631. The summed E-state index contributed by atoms with van der Waals surface area (Å²) in [5, 5.41) is 0. The first kappa shape index (κ1) is 15.2. The summed E-state index contributed by atoms with van der Waals surface area (Å²) in [6, 6.07) is 11.8. The second-order valence-corrected chi connectivity index (χ2v) is 4.88. The topological polar surface area (TPSA) is 51.4 Å².